The van der Waals surface area contributed by atoms with Crippen molar-refractivity contribution in [3.63, 3.8) is 0 Å². The molecule has 0 saturated carbocycles. The molecule has 2 aromatic rings. The average Bonchev–Trinajstić information content (AvgIpc) is 2.76. The Morgan fingerprint density at radius 1 is 1.09 bits per heavy atom. The highest BCUT2D eigenvalue weighted by Gasteiger charge is 2.22. The summed E-state index contributed by atoms with van der Waals surface area (Å²) in [5, 5.41) is 13.0. The van der Waals surface area contributed by atoms with E-state index >= 15 is 0 Å². The van der Waals surface area contributed by atoms with E-state index in [4.69, 9.17) is 15.9 Å². The molecular formula is C25H33N5O4. The minimum absolute atomic E-state index is 0.0211. The molecule has 0 saturated heterocycles. The van der Waals surface area contributed by atoms with Crippen molar-refractivity contribution < 1.29 is 19.1 Å². The number of rotatable bonds is 9. The Labute approximate surface area is 200 Å². The van der Waals surface area contributed by atoms with E-state index in [2.05, 4.69) is 10.6 Å². The molecule has 0 fully saturated rings. The molecule has 0 aliphatic rings. The lowest BCUT2D eigenvalue weighted by molar-refractivity contribution is -0.141. The van der Waals surface area contributed by atoms with E-state index in [-0.39, 0.29) is 37.4 Å². The number of amides is 3. The van der Waals surface area contributed by atoms with Gasteiger partial charge in [0.25, 0.3) is 0 Å². The summed E-state index contributed by atoms with van der Waals surface area (Å²) in [5.41, 5.74) is 9.81. The summed E-state index contributed by atoms with van der Waals surface area (Å²) >= 11 is 0. The lowest BCUT2D eigenvalue weighted by Gasteiger charge is -2.29. The summed E-state index contributed by atoms with van der Waals surface area (Å²) < 4.78 is 4.87. The molecule has 2 rings (SSSR count). The van der Waals surface area contributed by atoms with Gasteiger partial charge in [0.05, 0.1) is 13.0 Å². The number of carbonyl (C=O) groups is 3. The number of nitrogen functional groups attached to an aromatic ring is 1. The van der Waals surface area contributed by atoms with Crippen LogP contribution >= 0.6 is 0 Å². The van der Waals surface area contributed by atoms with Crippen LogP contribution in [0.2, 0.25) is 0 Å². The van der Waals surface area contributed by atoms with E-state index in [0.29, 0.717) is 16.9 Å². The van der Waals surface area contributed by atoms with E-state index in [1.165, 1.54) is 0 Å². The lowest BCUT2D eigenvalue weighted by Crippen LogP contribution is -2.46. The van der Waals surface area contributed by atoms with Crippen LogP contribution in [0.3, 0.4) is 0 Å². The van der Waals surface area contributed by atoms with Crippen molar-refractivity contribution in [3.05, 3.63) is 58.7 Å². The quantitative estimate of drug-likeness (QED) is 0.255. The van der Waals surface area contributed by atoms with E-state index in [1.807, 2.05) is 39.8 Å². The third-order valence-corrected chi connectivity index (χ3v) is 5.13. The third-order valence-electron chi connectivity index (χ3n) is 5.13. The summed E-state index contributed by atoms with van der Waals surface area (Å²) in [5.74, 6) is -0.702. The van der Waals surface area contributed by atoms with E-state index < -0.39 is 12.0 Å². The van der Waals surface area contributed by atoms with Gasteiger partial charge in [0.2, 0.25) is 5.91 Å². The van der Waals surface area contributed by atoms with Crippen LogP contribution in [0.4, 0.5) is 16.2 Å². The molecule has 0 aliphatic heterocycles. The predicted molar refractivity (Wildman–Crippen MR) is 133 cm³/mol. The molecule has 5 N–H and O–H groups in total. The first-order chi connectivity index (χ1) is 16.0. The van der Waals surface area contributed by atoms with Crippen molar-refractivity contribution in [1.29, 1.82) is 5.41 Å². The SMILES string of the molecule is CCOC(=O)CNC(=O)N(c1cc(C)c(NC(=O)Cc2ccc(C(=N)N)cc2)cc1C)C(C)C. The van der Waals surface area contributed by atoms with Gasteiger partial charge in [-0.3, -0.25) is 19.9 Å². The Kier molecular flexibility index (Phi) is 9.18. The van der Waals surface area contributed by atoms with E-state index in [1.54, 1.807) is 36.1 Å². The summed E-state index contributed by atoms with van der Waals surface area (Å²) in [6.07, 6.45) is 0.173. The minimum atomic E-state index is -0.499. The average molecular weight is 468 g/mol. The smallest absolute Gasteiger partial charge is 0.325 e. The molecule has 0 bridgehead atoms. The van der Waals surface area contributed by atoms with E-state index in [9.17, 15) is 14.4 Å². The van der Waals surface area contributed by atoms with Crippen molar-refractivity contribution in [2.45, 2.75) is 47.1 Å². The van der Waals surface area contributed by atoms with Crippen LogP contribution < -0.4 is 21.3 Å². The topological polar surface area (TPSA) is 138 Å². The molecular weight excluding hydrogens is 434 g/mol. The Morgan fingerprint density at radius 3 is 2.29 bits per heavy atom. The Bertz CT molecular complexity index is 1060. The highest BCUT2D eigenvalue weighted by Crippen LogP contribution is 2.29. The monoisotopic (exact) mass is 467 g/mol. The van der Waals surface area contributed by atoms with Crippen LogP contribution in [0.15, 0.2) is 36.4 Å². The molecule has 0 radical (unpaired) electrons. The number of benzene rings is 2. The van der Waals surface area contributed by atoms with Crippen molar-refractivity contribution in [2.75, 3.05) is 23.4 Å². The number of nitrogens with zero attached hydrogens (tertiary/aromatic N) is 1. The molecule has 0 atom stereocenters. The van der Waals surface area contributed by atoms with Gasteiger partial charge < -0.3 is 21.1 Å². The molecule has 0 aliphatic carbocycles. The van der Waals surface area contributed by atoms with Gasteiger partial charge in [0.15, 0.2) is 0 Å². The molecule has 0 spiro atoms. The van der Waals surface area contributed by atoms with Crippen LogP contribution in [0, 0.1) is 19.3 Å². The third kappa shape index (κ3) is 7.06. The zero-order valence-corrected chi connectivity index (χ0v) is 20.3. The number of aryl methyl sites for hydroxylation is 2. The van der Waals surface area contributed by atoms with Gasteiger partial charge in [-0.15, -0.1) is 0 Å². The van der Waals surface area contributed by atoms with Crippen molar-refractivity contribution in [2.24, 2.45) is 5.73 Å². The van der Waals surface area contributed by atoms with Gasteiger partial charge in [0.1, 0.15) is 12.4 Å². The standard InChI is InChI=1S/C25H33N5O4/c1-6-34-23(32)14-28-25(33)30(15(2)3)21-12-16(4)20(11-17(21)5)29-22(31)13-18-7-9-19(10-8-18)24(26)27/h7-12,15H,6,13-14H2,1-5H3,(H3,26,27)(H,28,33)(H,29,31). The summed E-state index contributed by atoms with van der Waals surface area (Å²) in [4.78, 5) is 38.6. The number of carbonyl (C=O) groups excluding carboxylic acids is 3. The second kappa shape index (κ2) is 11.8. The zero-order valence-electron chi connectivity index (χ0n) is 20.3. The summed E-state index contributed by atoms with van der Waals surface area (Å²) in [7, 11) is 0. The molecule has 0 aromatic heterocycles. The normalized spacial score (nSPS) is 10.5. The first-order valence-corrected chi connectivity index (χ1v) is 11.1. The zero-order chi connectivity index (χ0) is 25.4. The molecule has 9 nitrogen and oxygen atoms in total. The fraction of sp³-hybridized carbons (Fsp3) is 0.360. The highest BCUT2D eigenvalue weighted by atomic mass is 16.5. The van der Waals surface area contributed by atoms with Gasteiger partial charge in [-0.05, 0) is 63.4 Å². The van der Waals surface area contributed by atoms with Crippen molar-refractivity contribution >= 4 is 35.1 Å². The lowest BCUT2D eigenvalue weighted by atomic mass is 10.1. The van der Waals surface area contributed by atoms with Crippen LogP contribution in [0.1, 0.15) is 43.0 Å². The number of hydrogen-bond acceptors (Lipinski definition) is 5. The number of ether oxygens (including phenoxy) is 1. The fourth-order valence-corrected chi connectivity index (χ4v) is 3.44. The molecule has 182 valence electrons. The Hall–Kier alpha value is -3.88. The van der Waals surface area contributed by atoms with Gasteiger partial charge in [-0.25, -0.2) is 4.79 Å². The first-order valence-electron chi connectivity index (χ1n) is 11.1. The van der Waals surface area contributed by atoms with Crippen LogP contribution in [0.5, 0.6) is 0 Å². The fourth-order valence-electron chi connectivity index (χ4n) is 3.44. The number of hydrogen-bond donors (Lipinski definition) is 4. The maximum Gasteiger partial charge on any atom is 0.325 e. The first kappa shape index (κ1) is 26.4. The van der Waals surface area contributed by atoms with Gasteiger partial charge in [-0.1, -0.05) is 24.3 Å². The maximum atomic E-state index is 12.8. The molecule has 3 amide bonds. The number of urea groups is 1. The highest BCUT2D eigenvalue weighted by molar-refractivity contribution is 5.97. The molecule has 0 unspecified atom stereocenters. The summed E-state index contributed by atoms with van der Waals surface area (Å²) in [6.45, 7) is 9.22. The minimum Gasteiger partial charge on any atom is -0.465 e. The van der Waals surface area contributed by atoms with Crippen molar-refractivity contribution in [1.82, 2.24) is 5.32 Å². The van der Waals surface area contributed by atoms with Gasteiger partial charge >= 0.3 is 12.0 Å². The second-order valence-electron chi connectivity index (χ2n) is 8.22. The predicted octanol–water partition coefficient (Wildman–Crippen LogP) is 3.26. The molecule has 34 heavy (non-hydrogen) atoms. The number of nitrogens with two attached hydrogens (primary N) is 1. The van der Waals surface area contributed by atoms with Crippen LogP contribution in [-0.2, 0) is 20.7 Å². The summed E-state index contributed by atoms with van der Waals surface area (Å²) in [6, 6.07) is 10.1. The van der Waals surface area contributed by atoms with Gasteiger partial charge in [-0.2, -0.15) is 0 Å². The number of anilines is 2. The number of esters is 1. The second-order valence-corrected chi connectivity index (χ2v) is 8.22. The van der Waals surface area contributed by atoms with Crippen LogP contribution in [-0.4, -0.2) is 42.9 Å². The molecule has 2 aromatic carbocycles. The number of nitrogens with one attached hydrogen (secondary N) is 3. The van der Waals surface area contributed by atoms with E-state index in [0.717, 1.165) is 16.7 Å². The van der Waals surface area contributed by atoms with Gasteiger partial charge in [0, 0.05) is 23.0 Å². The molecule has 0 heterocycles. The Morgan fingerprint density at radius 2 is 1.74 bits per heavy atom. The molecule has 9 heteroatoms. The maximum absolute atomic E-state index is 12.8. The largest absolute Gasteiger partial charge is 0.465 e. The number of amidine groups is 1. The van der Waals surface area contributed by atoms with Crippen molar-refractivity contribution in [3.8, 4) is 0 Å². The van der Waals surface area contributed by atoms with Crippen LogP contribution in [0.25, 0.3) is 0 Å². The Balaban J connectivity index is 2.15.